The Morgan fingerprint density at radius 1 is 0.447 bits per heavy atom. The number of furan rings is 1. The molecule has 0 unspecified atom stereocenters. The Morgan fingerprint density at radius 3 is 1.89 bits per heavy atom. The van der Waals surface area contributed by atoms with Crippen molar-refractivity contribution in [2.75, 3.05) is 4.90 Å². The highest BCUT2D eigenvalue weighted by molar-refractivity contribution is 6.03. The molecule has 7 rings (SSSR count). The first-order valence-corrected chi connectivity index (χ1v) is 12.9. The zero-order valence-electron chi connectivity index (χ0n) is 20.8. The predicted octanol–water partition coefficient (Wildman–Crippen LogP) is 10.4. The number of anilines is 3. The Hall–Kier alpha value is -5.08. The molecule has 2 nitrogen and oxygen atoms in total. The van der Waals surface area contributed by atoms with Crippen LogP contribution >= 0.6 is 0 Å². The molecule has 0 atom stereocenters. The van der Waals surface area contributed by atoms with Crippen molar-refractivity contribution in [3.8, 4) is 22.5 Å². The molecule has 0 saturated carbocycles. The molecule has 1 aromatic heterocycles. The van der Waals surface area contributed by atoms with Gasteiger partial charge in [-0.15, -0.1) is 0 Å². The maximum Gasteiger partial charge on any atom is 0.143 e. The van der Waals surface area contributed by atoms with E-state index in [1.165, 1.54) is 10.8 Å². The average Bonchev–Trinajstić information content (AvgIpc) is 3.39. The maximum atomic E-state index is 6.54. The summed E-state index contributed by atoms with van der Waals surface area (Å²) in [5, 5.41) is 3.54. The molecule has 38 heavy (non-hydrogen) atoms. The van der Waals surface area contributed by atoms with Crippen LogP contribution in [0.15, 0.2) is 156 Å². The van der Waals surface area contributed by atoms with Crippen LogP contribution in [0.2, 0.25) is 0 Å². The van der Waals surface area contributed by atoms with Gasteiger partial charge in [-0.2, -0.15) is 0 Å². The second kappa shape index (κ2) is 9.42. The van der Waals surface area contributed by atoms with Gasteiger partial charge in [0.05, 0.1) is 5.69 Å². The van der Waals surface area contributed by atoms with Gasteiger partial charge in [0.1, 0.15) is 11.3 Å². The van der Waals surface area contributed by atoms with Gasteiger partial charge in [0.15, 0.2) is 0 Å². The molecule has 180 valence electrons. The first-order valence-electron chi connectivity index (χ1n) is 12.9. The monoisotopic (exact) mass is 487 g/mol. The predicted molar refractivity (Wildman–Crippen MR) is 159 cm³/mol. The van der Waals surface area contributed by atoms with Crippen LogP contribution in [0.25, 0.3) is 44.2 Å². The van der Waals surface area contributed by atoms with E-state index in [4.69, 9.17) is 4.42 Å². The van der Waals surface area contributed by atoms with Gasteiger partial charge < -0.3 is 9.32 Å². The van der Waals surface area contributed by atoms with Gasteiger partial charge in [0, 0.05) is 33.3 Å². The minimum atomic E-state index is 0.880. The van der Waals surface area contributed by atoms with E-state index in [2.05, 4.69) is 138 Å². The van der Waals surface area contributed by atoms with E-state index >= 15 is 0 Å². The molecule has 6 aromatic carbocycles. The number of para-hydroxylation sites is 2. The van der Waals surface area contributed by atoms with Gasteiger partial charge in [-0.25, -0.2) is 0 Å². The van der Waals surface area contributed by atoms with Crippen LogP contribution in [0, 0.1) is 0 Å². The maximum absolute atomic E-state index is 6.54. The molecule has 2 heteroatoms. The molecule has 0 aliphatic carbocycles. The summed E-state index contributed by atoms with van der Waals surface area (Å²) in [4.78, 5) is 2.33. The molecular weight excluding hydrogens is 462 g/mol. The van der Waals surface area contributed by atoms with Crippen molar-refractivity contribution < 1.29 is 4.42 Å². The topological polar surface area (TPSA) is 16.4 Å². The summed E-state index contributed by atoms with van der Waals surface area (Å²) in [6.45, 7) is 0. The van der Waals surface area contributed by atoms with Crippen molar-refractivity contribution in [3.05, 3.63) is 152 Å². The van der Waals surface area contributed by atoms with E-state index in [-0.39, 0.29) is 0 Å². The standard InChI is InChI=1S/C36H25NO/c1-3-14-27(15-4-1)35-32-22-9-10-24-34(32)38-36(35)28-17-11-20-30(25-28)37(29-18-5-2-6-19-29)33-23-12-16-26-13-7-8-21-31(26)33/h1-25H. The first kappa shape index (κ1) is 22.1. The lowest BCUT2D eigenvalue weighted by Gasteiger charge is -2.27. The Balaban J connectivity index is 1.45. The Bertz CT molecular complexity index is 1860. The Labute approximate surface area is 222 Å². The summed E-state index contributed by atoms with van der Waals surface area (Å²) in [6.07, 6.45) is 0. The Morgan fingerprint density at radius 2 is 1.05 bits per heavy atom. The molecule has 0 aliphatic heterocycles. The molecule has 0 N–H and O–H groups in total. The molecule has 0 fully saturated rings. The third kappa shape index (κ3) is 3.84. The van der Waals surface area contributed by atoms with E-state index in [1.807, 2.05) is 18.2 Å². The van der Waals surface area contributed by atoms with Crippen LogP contribution < -0.4 is 4.90 Å². The molecular formula is C36H25NO. The van der Waals surface area contributed by atoms with Crippen LogP contribution in [0.1, 0.15) is 0 Å². The highest BCUT2D eigenvalue weighted by Gasteiger charge is 2.20. The number of benzene rings is 6. The second-order valence-corrected chi connectivity index (χ2v) is 9.39. The smallest absolute Gasteiger partial charge is 0.143 e. The highest BCUT2D eigenvalue weighted by Crippen LogP contribution is 2.44. The van der Waals surface area contributed by atoms with E-state index in [0.717, 1.165) is 50.5 Å². The summed E-state index contributed by atoms with van der Waals surface area (Å²) >= 11 is 0. The summed E-state index contributed by atoms with van der Waals surface area (Å²) < 4.78 is 6.54. The van der Waals surface area contributed by atoms with Crippen LogP contribution in [0.3, 0.4) is 0 Å². The largest absolute Gasteiger partial charge is 0.455 e. The zero-order valence-corrected chi connectivity index (χ0v) is 20.8. The highest BCUT2D eigenvalue weighted by atomic mass is 16.3. The van der Waals surface area contributed by atoms with E-state index in [1.54, 1.807) is 0 Å². The molecule has 0 amide bonds. The van der Waals surface area contributed by atoms with Crippen LogP contribution in [-0.2, 0) is 0 Å². The van der Waals surface area contributed by atoms with Gasteiger partial charge >= 0.3 is 0 Å². The van der Waals surface area contributed by atoms with Crippen molar-refractivity contribution in [2.24, 2.45) is 0 Å². The molecule has 0 saturated heterocycles. The summed E-state index contributed by atoms with van der Waals surface area (Å²) in [5.41, 5.74) is 7.51. The zero-order chi connectivity index (χ0) is 25.3. The second-order valence-electron chi connectivity index (χ2n) is 9.39. The minimum absolute atomic E-state index is 0.880. The molecule has 0 bridgehead atoms. The van der Waals surface area contributed by atoms with Crippen LogP contribution in [0.5, 0.6) is 0 Å². The van der Waals surface area contributed by atoms with E-state index in [0.29, 0.717) is 0 Å². The van der Waals surface area contributed by atoms with Crippen molar-refractivity contribution in [1.29, 1.82) is 0 Å². The van der Waals surface area contributed by atoms with Crippen molar-refractivity contribution in [2.45, 2.75) is 0 Å². The lowest BCUT2D eigenvalue weighted by atomic mass is 9.98. The molecule has 0 aliphatic rings. The van der Waals surface area contributed by atoms with Crippen molar-refractivity contribution in [1.82, 2.24) is 0 Å². The summed E-state index contributed by atoms with van der Waals surface area (Å²) in [6, 6.07) is 53.0. The number of hydrogen-bond donors (Lipinski definition) is 0. The van der Waals surface area contributed by atoms with Crippen molar-refractivity contribution in [3.63, 3.8) is 0 Å². The van der Waals surface area contributed by atoms with Gasteiger partial charge in [-0.05, 0) is 47.3 Å². The van der Waals surface area contributed by atoms with Crippen molar-refractivity contribution >= 4 is 38.8 Å². The summed E-state index contributed by atoms with van der Waals surface area (Å²) in [5.74, 6) is 0.880. The number of fused-ring (bicyclic) bond motifs is 2. The van der Waals surface area contributed by atoms with Crippen LogP contribution in [0.4, 0.5) is 17.1 Å². The lowest BCUT2D eigenvalue weighted by Crippen LogP contribution is -2.10. The first-order chi connectivity index (χ1) is 18.9. The minimum Gasteiger partial charge on any atom is -0.455 e. The van der Waals surface area contributed by atoms with Crippen LogP contribution in [-0.4, -0.2) is 0 Å². The summed E-state index contributed by atoms with van der Waals surface area (Å²) in [7, 11) is 0. The number of hydrogen-bond acceptors (Lipinski definition) is 2. The quantitative estimate of drug-likeness (QED) is 0.240. The van der Waals surface area contributed by atoms with Gasteiger partial charge in [-0.3, -0.25) is 0 Å². The van der Waals surface area contributed by atoms with E-state index < -0.39 is 0 Å². The fraction of sp³-hybridized carbons (Fsp3) is 0. The normalized spacial score (nSPS) is 11.2. The Kier molecular flexibility index (Phi) is 5.49. The fourth-order valence-corrected chi connectivity index (χ4v) is 5.33. The fourth-order valence-electron chi connectivity index (χ4n) is 5.33. The molecule has 0 radical (unpaired) electrons. The third-order valence-corrected chi connectivity index (χ3v) is 7.05. The SMILES string of the molecule is c1ccc(-c2c(-c3cccc(N(c4ccccc4)c4cccc5ccccc45)c3)oc3ccccc23)cc1. The van der Waals surface area contributed by atoms with Gasteiger partial charge in [0.2, 0.25) is 0 Å². The number of rotatable bonds is 5. The molecule has 1 heterocycles. The third-order valence-electron chi connectivity index (χ3n) is 7.05. The molecule has 7 aromatic rings. The molecule has 0 spiro atoms. The average molecular weight is 488 g/mol. The van der Waals surface area contributed by atoms with E-state index in [9.17, 15) is 0 Å². The van der Waals surface area contributed by atoms with Gasteiger partial charge in [-0.1, -0.05) is 115 Å². The van der Waals surface area contributed by atoms with Gasteiger partial charge in [0.25, 0.3) is 0 Å². The number of nitrogens with zero attached hydrogens (tertiary/aromatic N) is 1. The lowest BCUT2D eigenvalue weighted by molar-refractivity contribution is 0.632.